The standard InChI is InChI=1S/C26H48NO2/c1-23(2)19-9-11-25(23,5)21(17-19)28-15-13-27(7,8)14-16-29-22-18-20-10-12-26(22,6)24(20,3)4/h19-22H,9-18H2,1-8H3/q+1/t19-,20+,21-,22+,25+,26-. The SMILES string of the molecule is CC1(C)[C@@H]2CC[C@@]1(C)[C@H](OCC[N+](C)(C)CCO[C@H]1C[C@@H]3CC[C@@]1(C)C3(C)C)C2. The maximum absolute atomic E-state index is 6.52. The van der Waals surface area contributed by atoms with Gasteiger partial charge in [0.15, 0.2) is 0 Å². The summed E-state index contributed by atoms with van der Waals surface area (Å²) in [5.74, 6) is 1.72. The zero-order chi connectivity index (χ0) is 21.3. The lowest BCUT2D eigenvalue weighted by Gasteiger charge is -2.40. The summed E-state index contributed by atoms with van der Waals surface area (Å²) in [6.45, 7) is 18.8. The Kier molecular flexibility index (Phi) is 5.28. The summed E-state index contributed by atoms with van der Waals surface area (Å²) in [5.41, 5.74) is 1.64. The van der Waals surface area contributed by atoms with Gasteiger partial charge in [0.05, 0.1) is 39.5 Å². The van der Waals surface area contributed by atoms with Gasteiger partial charge in [0.1, 0.15) is 13.1 Å². The van der Waals surface area contributed by atoms with Gasteiger partial charge in [0, 0.05) is 0 Å². The fourth-order valence-corrected chi connectivity index (χ4v) is 7.76. The van der Waals surface area contributed by atoms with Crippen LogP contribution >= 0.6 is 0 Å². The number of nitrogens with zero attached hydrogens (tertiary/aromatic N) is 1. The van der Waals surface area contributed by atoms with Crippen molar-refractivity contribution in [2.45, 2.75) is 92.3 Å². The summed E-state index contributed by atoms with van der Waals surface area (Å²) < 4.78 is 14.0. The average Bonchev–Trinajstić information content (AvgIpc) is 3.13. The van der Waals surface area contributed by atoms with E-state index >= 15 is 0 Å². The molecule has 4 bridgehead atoms. The summed E-state index contributed by atoms with van der Waals surface area (Å²) in [4.78, 5) is 0. The van der Waals surface area contributed by atoms with E-state index in [2.05, 4.69) is 55.6 Å². The monoisotopic (exact) mass is 406 g/mol. The molecule has 0 saturated heterocycles. The van der Waals surface area contributed by atoms with Crippen molar-refractivity contribution >= 4 is 0 Å². The molecule has 0 aromatic rings. The molecule has 0 N–H and O–H groups in total. The van der Waals surface area contributed by atoms with Crippen molar-refractivity contribution in [3.63, 3.8) is 0 Å². The fraction of sp³-hybridized carbons (Fsp3) is 1.00. The molecule has 6 atom stereocenters. The normalized spacial score (nSPS) is 44.7. The maximum atomic E-state index is 6.52. The summed E-state index contributed by atoms with van der Waals surface area (Å²) in [6, 6.07) is 0. The molecule has 3 nitrogen and oxygen atoms in total. The van der Waals surface area contributed by atoms with Crippen LogP contribution in [0.3, 0.4) is 0 Å². The summed E-state index contributed by atoms with van der Waals surface area (Å²) in [6.07, 6.45) is 8.97. The van der Waals surface area contributed by atoms with Crippen molar-refractivity contribution in [3.8, 4) is 0 Å². The minimum absolute atomic E-state index is 0.377. The molecule has 0 aliphatic heterocycles. The second-order valence-electron chi connectivity index (χ2n) is 13.3. The minimum atomic E-state index is 0.377. The van der Waals surface area contributed by atoms with Crippen molar-refractivity contribution in [2.24, 2.45) is 33.5 Å². The van der Waals surface area contributed by atoms with Crippen molar-refractivity contribution in [2.75, 3.05) is 40.4 Å². The van der Waals surface area contributed by atoms with E-state index in [4.69, 9.17) is 9.47 Å². The van der Waals surface area contributed by atoms with Gasteiger partial charge in [-0.3, -0.25) is 0 Å². The van der Waals surface area contributed by atoms with E-state index < -0.39 is 0 Å². The zero-order valence-electron chi connectivity index (χ0n) is 20.6. The highest BCUT2D eigenvalue weighted by atomic mass is 16.5. The Labute approximate surface area is 180 Å². The average molecular weight is 407 g/mol. The summed E-state index contributed by atoms with van der Waals surface area (Å²) >= 11 is 0. The Balaban J connectivity index is 1.21. The van der Waals surface area contributed by atoms with Gasteiger partial charge in [0.2, 0.25) is 0 Å². The van der Waals surface area contributed by atoms with Gasteiger partial charge in [-0.2, -0.15) is 0 Å². The molecule has 0 radical (unpaired) electrons. The molecule has 0 spiro atoms. The van der Waals surface area contributed by atoms with Gasteiger partial charge in [-0.05, 0) is 72.0 Å². The van der Waals surface area contributed by atoms with E-state index in [1.54, 1.807) is 0 Å². The Morgan fingerprint density at radius 3 is 1.34 bits per heavy atom. The quantitative estimate of drug-likeness (QED) is 0.494. The van der Waals surface area contributed by atoms with E-state index in [1.165, 1.54) is 38.5 Å². The van der Waals surface area contributed by atoms with Gasteiger partial charge in [0.25, 0.3) is 0 Å². The third-order valence-corrected chi connectivity index (χ3v) is 11.5. The predicted octanol–water partition coefficient (Wildman–Crippen LogP) is 5.53. The largest absolute Gasteiger partial charge is 0.372 e. The highest BCUT2D eigenvalue weighted by molar-refractivity contribution is 5.12. The van der Waals surface area contributed by atoms with Crippen molar-refractivity contribution in [3.05, 3.63) is 0 Å². The smallest absolute Gasteiger partial charge is 0.102 e. The first kappa shape index (κ1) is 22.1. The van der Waals surface area contributed by atoms with Crippen LogP contribution in [0.15, 0.2) is 0 Å². The number of rotatable bonds is 8. The van der Waals surface area contributed by atoms with Crippen LogP contribution in [0.25, 0.3) is 0 Å². The second kappa shape index (κ2) is 6.94. The molecule has 4 aliphatic carbocycles. The van der Waals surface area contributed by atoms with Crippen LogP contribution in [0, 0.1) is 33.5 Å². The van der Waals surface area contributed by atoms with Crippen molar-refractivity contribution in [1.82, 2.24) is 0 Å². The van der Waals surface area contributed by atoms with Crippen LogP contribution in [-0.4, -0.2) is 57.1 Å². The molecule has 4 fully saturated rings. The first-order valence-corrected chi connectivity index (χ1v) is 12.4. The Morgan fingerprint density at radius 1 is 0.690 bits per heavy atom. The second-order valence-corrected chi connectivity index (χ2v) is 13.3. The van der Waals surface area contributed by atoms with Gasteiger partial charge in [-0.25, -0.2) is 0 Å². The van der Waals surface area contributed by atoms with Gasteiger partial charge in [-0.1, -0.05) is 41.5 Å². The van der Waals surface area contributed by atoms with E-state index in [1.807, 2.05) is 0 Å². The van der Waals surface area contributed by atoms with E-state index in [-0.39, 0.29) is 0 Å². The minimum Gasteiger partial charge on any atom is -0.372 e. The molecule has 3 heteroatoms. The van der Waals surface area contributed by atoms with E-state index in [9.17, 15) is 0 Å². The maximum Gasteiger partial charge on any atom is 0.102 e. The molecule has 4 saturated carbocycles. The lowest BCUT2D eigenvalue weighted by molar-refractivity contribution is -0.891. The number of fused-ring (bicyclic) bond motifs is 4. The molecule has 4 rings (SSSR count). The van der Waals surface area contributed by atoms with Crippen molar-refractivity contribution < 1.29 is 14.0 Å². The number of quaternary nitrogens is 1. The van der Waals surface area contributed by atoms with Crippen LogP contribution in [0.1, 0.15) is 80.1 Å². The Morgan fingerprint density at radius 2 is 1.07 bits per heavy atom. The third kappa shape index (κ3) is 3.24. The molecule has 4 aliphatic rings. The Bertz CT molecular complexity index is 574. The summed E-state index contributed by atoms with van der Waals surface area (Å²) in [5, 5.41) is 0. The number of ether oxygens (including phenoxy) is 2. The van der Waals surface area contributed by atoms with E-state index in [0.29, 0.717) is 33.9 Å². The molecule has 29 heavy (non-hydrogen) atoms. The van der Waals surface area contributed by atoms with Gasteiger partial charge >= 0.3 is 0 Å². The predicted molar refractivity (Wildman–Crippen MR) is 120 cm³/mol. The molecule has 0 heterocycles. The topological polar surface area (TPSA) is 18.5 Å². The first-order chi connectivity index (χ1) is 13.3. The molecular weight excluding hydrogens is 358 g/mol. The lowest BCUT2D eigenvalue weighted by Crippen LogP contribution is -2.47. The molecule has 0 aromatic carbocycles. The van der Waals surface area contributed by atoms with Gasteiger partial charge in [-0.15, -0.1) is 0 Å². The third-order valence-electron chi connectivity index (χ3n) is 11.5. The highest BCUT2D eigenvalue weighted by Crippen LogP contribution is 2.67. The van der Waals surface area contributed by atoms with Crippen LogP contribution in [0.4, 0.5) is 0 Å². The lowest BCUT2D eigenvalue weighted by atomic mass is 9.70. The van der Waals surface area contributed by atoms with Crippen LogP contribution < -0.4 is 0 Å². The Hall–Kier alpha value is -0.120. The van der Waals surface area contributed by atoms with Crippen LogP contribution in [-0.2, 0) is 9.47 Å². The van der Waals surface area contributed by atoms with E-state index in [0.717, 1.165) is 42.6 Å². The van der Waals surface area contributed by atoms with Crippen molar-refractivity contribution in [1.29, 1.82) is 0 Å². The molecule has 0 amide bonds. The molecule has 168 valence electrons. The zero-order valence-corrected chi connectivity index (χ0v) is 20.6. The highest BCUT2D eigenvalue weighted by Gasteiger charge is 2.62. The van der Waals surface area contributed by atoms with Crippen LogP contribution in [0.5, 0.6) is 0 Å². The number of hydrogen-bond donors (Lipinski definition) is 0. The van der Waals surface area contributed by atoms with Crippen LogP contribution in [0.2, 0.25) is 0 Å². The summed E-state index contributed by atoms with van der Waals surface area (Å²) in [7, 11) is 4.68. The molecule has 0 unspecified atom stereocenters. The number of likely N-dealkylation sites (N-methyl/N-ethyl adjacent to an activating group) is 1. The molecular formula is C26H48NO2+. The first-order valence-electron chi connectivity index (χ1n) is 12.4. The fourth-order valence-electron chi connectivity index (χ4n) is 7.76. The number of hydrogen-bond acceptors (Lipinski definition) is 2. The molecule has 0 aromatic heterocycles. The van der Waals surface area contributed by atoms with Gasteiger partial charge < -0.3 is 14.0 Å².